The molecule has 0 heterocycles. The van der Waals surface area contributed by atoms with Gasteiger partial charge in [-0.15, -0.1) is 0 Å². The Morgan fingerprint density at radius 3 is 2.84 bits per heavy atom. The monoisotopic (exact) mass is 331 g/mol. The van der Waals surface area contributed by atoms with Crippen LogP contribution in [0.25, 0.3) is 0 Å². The van der Waals surface area contributed by atoms with Crippen molar-refractivity contribution < 1.29 is 13.6 Å². The van der Waals surface area contributed by atoms with E-state index in [1.165, 1.54) is 0 Å². The Bertz CT molecular complexity index is 490. The summed E-state index contributed by atoms with van der Waals surface area (Å²) >= 11 is 3.38. The molecule has 2 nitrogen and oxygen atoms in total. The molecule has 0 bridgehead atoms. The highest BCUT2D eigenvalue weighted by Crippen LogP contribution is 2.37. The third-order valence-corrected chi connectivity index (χ3v) is 4.30. The first-order valence-electron chi connectivity index (χ1n) is 6.32. The first-order chi connectivity index (χ1) is 8.87. The summed E-state index contributed by atoms with van der Waals surface area (Å²) in [5.74, 6) is -3.60. The summed E-state index contributed by atoms with van der Waals surface area (Å²) in [6.07, 6.45) is 0.496. The van der Waals surface area contributed by atoms with Crippen molar-refractivity contribution in [3.63, 3.8) is 0 Å². The molecule has 0 radical (unpaired) electrons. The third kappa shape index (κ3) is 3.75. The van der Waals surface area contributed by atoms with Crippen LogP contribution < -0.4 is 5.32 Å². The predicted octanol–water partition coefficient (Wildman–Crippen LogP) is 4.52. The molecule has 1 saturated carbocycles. The number of carbonyl (C=O) groups is 1. The fraction of sp³-hybridized carbons (Fsp3) is 0.500. The van der Waals surface area contributed by atoms with Gasteiger partial charge in [-0.25, -0.2) is 8.78 Å². The smallest absolute Gasteiger partial charge is 0.248 e. The minimum Gasteiger partial charge on any atom is -0.326 e. The van der Waals surface area contributed by atoms with E-state index < -0.39 is 11.8 Å². The fourth-order valence-electron chi connectivity index (χ4n) is 2.31. The number of amides is 1. The summed E-state index contributed by atoms with van der Waals surface area (Å²) in [6.45, 7) is 1.94. The maximum absolute atomic E-state index is 13.3. The molecule has 0 aromatic heterocycles. The van der Waals surface area contributed by atoms with Gasteiger partial charge in [0.15, 0.2) is 0 Å². The molecule has 1 atom stereocenters. The standard InChI is InChI=1S/C14H16BrF2NO/c1-9-4-5-11(7-12(9)15)18-13(19)10-3-2-6-14(16,17)8-10/h4-5,7,10H,2-3,6,8H2,1H3,(H,18,19). The van der Waals surface area contributed by atoms with Gasteiger partial charge in [0.25, 0.3) is 0 Å². The van der Waals surface area contributed by atoms with E-state index in [4.69, 9.17) is 0 Å². The van der Waals surface area contributed by atoms with E-state index >= 15 is 0 Å². The number of rotatable bonds is 2. The largest absolute Gasteiger partial charge is 0.326 e. The highest BCUT2D eigenvalue weighted by atomic mass is 79.9. The molecule has 19 heavy (non-hydrogen) atoms. The van der Waals surface area contributed by atoms with Crippen LogP contribution in [0.2, 0.25) is 0 Å². The lowest BCUT2D eigenvalue weighted by molar-refractivity contribution is -0.127. The molecule has 1 aliphatic rings. The number of hydrogen-bond donors (Lipinski definition) is 1. The van der Waals surface area contributed by atoms with Gasteiger partial charge in [0.1, 0.15) is 0 Å². The first-order valence-corrected chi connectivity index (χ1v) is 7.11. The Morgan fingerprint density at radius 1 is 1.47 bits per heavy atom. The lowest BCUT2D eigenvalue weighted by atomic mass is 9.86. The van der Waals surface area contributed by atoms with E-state index in [0.717, 1.165) is 10.0 Å². The average Bonchev–Trinajstić information content (AvgIpc) is 2.32. The normalized spacial score (nSPS) is 22.0. The molecular weight excluding hydrogens is 316 g/mol. The average molecular weight is 332 g/mol. The van der Waals surface area contributed by atoms with Gasteiger partial charge in [0.05, 0.1) is 0 Å². The van der Waals surface area contributed by atoms with E-state index in [1.54, 1.807) is 12.1 Å². The van der Waals surface area contributed by atoms with Crippen molar-refractivity contribution in [2.45, 2.75) is 38.5 Å². The summed E-state index contributed by atoms with van der Waals surface area (Å²) in [5, 5.41) is 2.72. The molecule has 1 N–H and O–H groups in total. The molecule has 1 aliphatic carbocycles. The van der Waals surface area contributed by atoms with Gasteiger partial charge in [0.2, 0.25) is 11.8 Å². The van der Waals surface area contributed by atoms with Crippen molar-refractivity contribution >= 4 is 27.5 Å². The van der Waals surface area contributed by atoms with Gasteiger partial charge in [-0.1, -0.05) is 22.0 Å². The van der Waals surface area contributed by atoms with Crippen molar-refractivity contribution in [3.8, 4) is 0 Å². The van der Waals surface area contributed by atoms with E-state index in [2.05, 4.69) is 21.2 Å². The number of anilines is 1. The van der Waals surface area contributed by atoms with Crippen LogP contribution in [0.5, 0.6) is 0 Å². The molecule has 1 amide bonds. The molecule has 5 heteroatoms. The summed E-state index contributed by atoms with van der Waals surface area (Å²) in [7, 11) is 0. The summed E-state index contributed by atoms with van der Waals surface area (Å²) in [6, 6.07) is 5.43. The molecule has 0 aliphatic heterocycles. The van der Waals surface area contributed by atoms with Gasteiger partial charge in [0, 0.05) is 28.9 Å². The second-order valence-corrected chi connectivity index (χ2v) is 5.96. The zero-order valence-corrected chi connectivity index (χ0v) is 12.3. The highest BCUT2D eigenvalue weighted by Gasteiger charge is 2.39. The van der Waals surface area contributed by atoms with Gasteiger partial charge in [-0.2, -0.15) is 0 Å². The fourth-order valence-corrected chi connectivity index (χ4v) is 2.69. The number of alkyl halides is 2. The van der Waals surface area contributed by atoms with E-state index in [-0.39, 0.29) is 18.7 Å². The molecule has 0 saturated heterocycles. The minimum absolute atomic E-state index is 0.104. The van der Waals surface area contributed by atoms with Crippen molar-refractivity contribution in [2.75, 3.05) is 5.32 Å². The second-order valence-electron chi connectivity index (χ2n) is 5.10. The molecule has 1 aromatic carbocycles. The predicted molar refractivity (Wildman–Crippen MR) is 74.4 cm³/mol. The zero-order chi connectivity index (χ0) is 14.0. The highest BCUT2D eigenvalue weighted by molar-refractivity contribution is 9.10. The van der Waals surface area contributed by atoms with Crippen LogP contribution in [0.1, 0.15) is 31.2 Å². The number of nitrogens with one attached hydrogen (secondary N) is 1. The van der Waals surface area contributed by atoms with E-state index in [9.17, 15) is 13.6 Å². The van der Waals surface area contributed by atoms with Crippen molar-refractivity contribution in [3.05, 3.63) is 28.2 Å². The van der Waals surface area contributed by atoms with Crippen LogP contribution >= 0.6 is 15.9 Å². The number of carbonyl (C=O) groups excluding carboxylic acids is 1. The molecule has 1 fully saturated rings. The summed E-state index contributed by atoms with van der Waals surface area (Å²) in [5.41, 5.74) is 1.69. The Morgan fingerprint density at radius 2 is 2.21 bits per heavy atom. The summed E-state index contributed by atoms with van der Waals surface area (Å²) in [4.78, 5) is 12.0. The SMILES string of the molecule is Cc1ccc(NC(=O)C2CCCC(F)(F)C2)cc1Br. The van der Waals surface area contributed by atoms with Gasteiger partial charge < -0.3 is 5.32 Å². The van der Waals surface area contributed by atoms with Crippen LogP contribution in [-0.2, 0) is 4.79 Å². The van der Waals surface area contributed by atoms with Gasteiger partial charge in [-0.05, 0) is 37.5 Å². The van der Waals surface area contributed by atoms with Crippen molar-refractivity contribution in [1.82, 2.24) is 0 Å². The number of aryl methyl sites for hydroxylation is 1. The topological polar surface area (TPSA) is 29.1 Å². The van der Waals surface area contributed by atoms with E-state index in [0.29, 0.717) is 18.5 Å². The molecule has 2 rings (SSSR count). The Kier molecular flexibility index (Phi) is 4.23. The van der Waals surface area contributed by atoms with E-state index in [1.807, 2.05) is 13.0 Å². The number of hydrogen-bond acceptors (Lipinski definition) is 1. The molecule has 0 spiro atoms. The maximum Gasteiger partial charge on any atom is 0.248 e. The van der Waals surface area contributed by atoms with Crippen LogP contribution in [0.4, 0.5) is 14.5 Å². The molecular formula is C14H16BrF2NO. The lowest BCUT2D eigenvalue weighted by Gasteiger charge is -2.28. The third-order valence-electron chi connectivity index (χ3n) is 3.45. The second kappa shape index (κ2) is 5.57. The van der Waals surface area contributed by atoms with Gasteiger partial charge >= 0.3 is 0 Å². The lowest BCUT2D eigenvalue weighted by Crippen LogP contribution is -2.33. The van der Waals surface area contributed by atoms with Crippen LogP contribution in [0, 0.1) is 12.8 Å². The zero-order valence-electron chi connectivity index (χ0n) is 10.7. The number of benzene rings is 1. The van der Waals surface area contributed by atoms with Crippen LogP contribution in [0.3, 0.4) is 0 Å². The summed E-state index contributed by atoms with van der Waals surface area (Å²) < 4.78 is 27.5. The molecule has 1 aromatic rings. The molecule has 104 valence electrons. The molecule has 1 unspecified atom stereocenters. The first kappa shape index (κ1) is 14.4. The van der Waals surface area contributed by atoms with Gasteiger partial charge in [-0.3, -0.25) is 4.79 Å². The minimum atomic E-state index is -2.70. The van der Waals surface area contributed by atoms with Crippen molar-refractivity contribution in [2.24, 2.45) is 5.92 Å². The van der Waals surface area contributed by atoms with Crippen LogP contribution in [-0.4, -0.2) is 11.8 Å². The Balaban J connectivity index is 2.02. The Hall–Kier alpha value is -0.970. The quantitative estimate of drug-likeness (QED) is 0.848. The Labute approximate surface area is 119 Å². The maximum atomic E-state index is 13.3. The number of halogens is 3. The van der Waals surface area contributed by atoms with Crippen molar-refractivity contribution in [1.29, 1.82) is 0 Å². The van der Waals surface area contributed by atoms with Crippen LogP contribution in [0.15, 0.2) is 22.7 Å².